The van der Waals surface area contributed by atoms with Crippen molar-refractivity contribution >= 4 is 29.9 Å². The van der Waals surface area contributed by atoms with Crippen molar-refractivity contribution in [2.24, 2.45) is 11.5 Å². The van der Waals surface area contributed by atoms with Crippen LogP contribution in [0, 0.1) is 0 Å². The first-order chi connectivity index (χ1) is 6.63. The fourth-order valence-electron chi connectivity index (χ4n) is 0.962. The Hall–Kier alpha value is -1.59. The molecule has 0 aliphatic carbocycles. The molecule has 5 N–H and O–H groups in total. The third-order valence-corrected chi connectivity index (χ3v) is 1.62. The molecule has 1 rings (SSSR count). The zero-order chi connectivity index (χ0) is 10.6. The van der Waals surface area contributed by atoms with Crippen LogP contribution in [0.4, 0.5) is 5.69 Å². The predicted octanol–water partition coefficient (Wildman–Crippen LogP) is 0.104. The second kappa shape index (κ2) is 6.00. The summed E-state index contributed by atoms with van der Waals surface area (Å²) in [7, 11) is 0. The Morgan fingerprint density at radius 1 is 1.33 bits per heavy atom. The normalized spacial score (nSPS) is 8.87. The molecule has 0 spiro atoms. The number of hydrogen-bond acceptors (Lipinski definition) is 3. The molecule has 0 aromatic heterocycles. The second-order valence-corrected chi connectivity index (χ2v) is 2.70. The Morgan fingerprint density at radius 2 is 2.00 bits per heavy atom. The Labute approximate surface area is 93.2 Å². The molecular formula is C9H12ClN3O2. The summed E-state index contributed by atoms with van der Waals surface area (Å²) in [5, 5.41) is 2.52. The highest BCUT2D eigenvalue weighted by atomic mass is 35.5. The third kappa shape index (κ3) is 3.97. The average molecular weight is 230 g/mol. The van der Waals surface area contributed by atoms with Crippen molar-refractivity contribution in [2.75, 3.05) is 11.9 Å². The molecule has 0 saturated heterocycles. The number of nitrogens with one attached hydrogen (secondary N) is 1. The number of hydrogen-bond donors (Lipinski definition) is 3. The first-order valence-corrected chi connectivity index (χ1v) is 4.03. The van der Waals surface area contributed by atoms with Crippen molar-refractivity contribution in [2.45, 2.75) is 0 Å². The number of carbonyl (C=O) groups excluding carboxylic acids is 2. The summed E-state index contributed by atoms with van der Waals surface area (Å²) in [5.41, 5.74) is 11.0. The molecule has 82 valence electrons. The number of anilines is 1. The van der Waals surface area contributed by atoms with Crippen LogP contribution in [0.15, 0.2) is 24.3 Å². The SMILES string of the molecule is Cl.NCC(=O)Nc1cccc(C(N)=O)c1. The van der Waals surface area contributed by atoms with E-state index in [2.05, 4.69) is 5.32 Å². The highest BCUT2D eigenvalue weighted by molar-refractivity contribution is 5.96. The molecular weight excluding hydrogens is 218 g/mol. The monoisotopic (exact) mass is 229 g/mol. The molecule has 0 aliphatic heterocycles. The summed E-state index contributed by atoms with van der Waals surface area (Å²) >= 11 is 0. The molecule has 0 saturated carbocycles. The highest BCUT2D eigenvalue weighted by Crippen LogP contribution is 2.09. The van der Waals surface area contributed by atoms with Crippen molar-refractivity contribution in [3.8, 4) is 0 Å². The summed E-state index contributed by atoms with van der Waals surface area (Å²) < 4.78 is 0. The molecule has 0 heterocycles. The van der Waals surface area contributed by atoms with Crippen LogP contribution < -0.4 is 16.8 Å². The van der Waals surface area contributed by atoms with Gasteiger partial charge in [0.2, 0.25) is 11.8 Å². The molecule has 6 heteroatoms. The molecule has 0 unspecified atom stereocenters. The van der Waals surface area contributed by atoms with Gasteiger partial charge in [-0.3, -0.25) is 9.59 Å². The number of rotatable bonds is 3. The van der Waals surface area contributed by atoms with Crippen LogP contribution in [0.2, 0.25) is 0 Å². The Balaban J connectivity index is 0.00000196. The quantitative estimate of drug-likeness (QED) is 0.686. The minimum Gasteiger partial charge on any atom is -0.366 e. The maximum atomic E-state index is 10.9. The van der Waals surface area contributed by atoms with Crippen LogP contribution in [-0.2, 0) is 4.79 Å². The van der Waals surface area contributed by atoms with Gasteiger partial charge in [-0.25, -0.2) is 0 Å². The minimum atomic E-state index is -0.533. The summed E-state index contributed by atoms with van der Waals surface area (Å²) in [6.45, 7) is -0.0964. The number of amides is 2. The molecule has 0 fully saturated rings. The van der Waals surface area contributed by atoms with Crippen molar-refractivity contribution in [1.82, 2.24) is 0 Å². The van der Waals surface area contributed by atoms with Gasteiger partial charge in [0.05, 0.1) is 6.54 Å². The van der Waals surface area contributed by atoms with Gasteiger partial charge in [-0.05, 0) is 18.2 Å². The smallest absolute Gasteiger partial charge is 0.248 e. The van der Waals surface area contributed by atoms with E-state index >= 15 is 0 Å². The summed E-state index contributed by atoms with van der Waals surface area (Å²) in [6.07, 6.45) is 0. The van der Waals surface area contributed by atoms with Gasteiger partial charge < -0.3 is 16.8 Å². The molecule has 5 nitrogen and oxygen atoms in total. The minimum absolute atomic E-state index is 0. The number of benzene rings is 1. The Bertz CT molecular complexity index is 368. The van der Waals surface area contributed by atoms with Gasteiger partial charge in [0.15, 0.2) is 0 Å². The van der Waals surface area contributed by atoms with E-state index in [1.807, 2.05) is 0 Å². The van der Waals surface area contributed by atoms with E-state index in [9.17, 15) is 9.59 Å². The lowest BCUT2D eigenvalue weighted by Crippen LogP contribution is -2.22. The van der Waals surface area contributed by atoms with Crippen molar-refractivity contribution < 1.29 is 9.59 Å². The number of primary amides is 1. The van der Waals surface area contributed by atoms with E-state index < -0.39 is 5.91 Å². The lowest BCUT2D eigenvalue weighted by atomic mass is 10.2. The van der Waals surface area contributed by atoms with E-state index in [0.717, 1.165) is 0 Å². The third-order valence-electron chi connectivity index (χ3n) is 1.62. The first kappa shape index (κ1) is 13.4. The Morgan fingerprint density at radius 3 is 2.53 bits per heavy atom. The zero-order valence-electron chi connectivity index (χ0n) is 7.90. The number of nitrogens with two attached hydrogens (primary N) is 2. The van der Waals surface area contributed by atoms with Crippen LogP contribution in [0.1, 0.15) is 10.4 Å². The Kier molecular flexibility index (Phi) is 5.36. The van der Waals surface area contributed by atoms with E-state index in [-0.39, 0.29) is 24.9 Å². The summed E-state index contributed by atoms with van der Waals surface area (Å²) in [5.74, 6) is -0.847. The first-order valence-electron chi connectivity index (χ1n) is 4.03. The summed E-state index contributed by atoms with van der Waals surface area (Å²) in [6, 6.07) is 6.35. The van der Waals surface area contributed by atoms with Crippen LogP contribution in [0.25, 0.3) is 0 Å². The van der Waals surface area contributed by atoms with E-state index in [0.29, 0.717) is 11.3 Å². The molecule has 15 heavy (non-hydrogen) atoms. The van der Waals surface area contributed by atoms with E-state index in [4.69, 9.17) is 11.5 Å². The fraction of sp³-hybridized carbons (Fsp3) is 0.111. The lowest BCUT2D eigenvalue weighted by Gasteiger charge is -2.03. The second-order valence-electron chi connectivity index (χ2n) is 2.70. The maximum absolute atomic E-state index is 10.9. The lowest BCUT2D eigenvalue weighted by molar-refractivity contribution is -0.114. The van der Waals surface area contributed by atoms with E-state index in [1.54, 1.807) is 18.2 Å². The van der Waals surface area contributed by atoms with Crippen LogP contribution in [0.5, 0.6) is 0 Å². The topological polar surface area (TPSA) is 98.2 Å². The predicted molar refractivity (Wildman–Crippen MR) is 59.9 cm³/mol. The van der Waals surface area contributed by atoms with Crippen LogP contribution >= 0.6 is 12.4 Å². The summed E-state index contributed by atoms with van der Waals surface area (Å²) in [4.78, 5) is 21.7. The fourth-order valence-corrected chi connectivity index (χ4v) is 0.962. The number of carbonyl (C=O) groups is 2. The van der Waals surface area contributed by atoms with Gasteiger partial charge in [0.1, 0.15) is 0 Å². The molecule has 0 radical (unpaired) electrons. The van der Waals surface area contributed by atoms with Crippen molar-refractivity contribution in [3.05, 3.63) is 29.8 Å². The number of halogens is 1. The van der Waals surface area contributed by atoms with Gasteiger partial charge in [0, 0.05) is 11.3 Å². The standard InChI is InChI=1S/C9H11N3O2.ClH/c10-5-8(13)12-7-3-1-2-6(4-7)9(11)14;/h1-4H,5,10H2,(H2,11,14)(H,12,13);1H. The van der Waals surface area contributed by atoms with Crippen LogP contribution in [-0.4, -0.2) is 18.4 Å². The molecule has 1 aromatic rings. The highest BCUT2D eigenvalue weighted by Gasteiger charge is 2.02. The van der Waals surface area contributed by atoms with Crippen molar-refractivity contribution in [3.63, 3.8) is 0 Å². The van der Waals surface area contributed by atoms with E-state index in [1.165, 1.54) is 6.07 Å². The van der Waals surface area contributed by atoms with Crippen molar-refractivity contribution in [1.29, 1.82) is 0 Å². The maximum Gasteiger partial charge on any atom is 0.248 e. The zero-order valence-corrected chi connectivity index (χ0v) is 8.71. The average Bonchev–Trinajstić information content (AvgIpc) is 2.18. The van der Waals surface area contributed by atoms with Gasteiger partial charge in [-0.1, -0.05) is 6.07 Å². The molecule has 1 aromatic carbocycles. The van der Waals surface area contributed by atoms with Gasteiger partial charge in [-0.15, -0.1) is 12.4 Å². The van der Waals surface area contributed by atoms with Gasteiger partial charge in [-0.2, -0.15) is 0 Å². The van der Waals surface area contributed by atoms with Crippen LogP contribution in [0.3, 0.4) is 0 Å². The molecule has 0 bridgehead atoms. The van der Waals surface area contributed by atoms with Gasteiger partial charge in [0.25, 0.3) is 0 Å². The molecule has 0 atom stereocenters. The molecule has 2 amide bonds. The van der Waals surface area contributed by atoms with Gasteiger partial charge >= 0.3 is 0 Å². The largest absolute Gasteiger partial charge is 0.366 e. The molecule has 0 aliphatic rings.